The number of carbonyl (C=O) groups is 1. The Hall–Kier alpha value is -1.30. The molecule has 0 aliphatic carbocycles. The number of halogens is 1. The fourth-order valence-corrected chi connectivity index (χ4v) is 1.20. The number of amides is 1. The van der Waals surface area contributed by atoms with E-state index >= 15 is 0 Å². The van der Waals surface area contributed by atoms with Crippen LogP contribution in [0.15, 0.2) is 16.7 Å². The highest BCUT2D eigenvalue weighted by molar-refractivity contribution is 9.10. The van der Waals surface area contributed by atoms with Gasteiger partial charge in [0, 0.05) is 7.05 Å². The van der Waals surface area contributed by atoms with Gasteiger partial charge in [0.25, 0.3) is 0 Å². The number of hydrogen-bond acceptors (Lipinski definition) is 3. The molecule has 5 nitrogen and oxygen atoms in total. The molecule has 1 heterocycles. The predicted octanol–water partition coefficient (Wildman–Crippen LogP) is 1.97. The lowest BCUT2D eigenvalue weighted by Gasteiger charge is -2.15. The van der Waals surface area contributed by atoms with Crippen LogP contribution in [0.1, 0.15) is 0 Å². The summed E-state index contributed by atoms with van der Waals surface area (Å²) in [5.74, 6) is 0.674. The van der Waals surface area contributed by atoms with Crippen LogP contribution < -0.4 is 9.64 Å². The third kappa shape index (κ3) is 2.14. The Bertz CT molecular complexity index is 356. The Morgan fingerprint density at radius 2 is 2.29 bits per heavy atom. The number of pyridine rings is 1. The fourth-order valence-electron chi connectivity index (χ4n) is 0.903. The van der Waals surface area contributed by atoms with Crippen LogP contribution in [0.4, 0.5) is 10.6 Å². The highest BCUT2D eigenvalue weighted by Crippen LogP contribution is 2.26. The molecule has 0 bridgehead atoms. The van der Waals surface area contributed by atoms with E-state index in [4.69, 9.17) is 9.84 Å². The molecule has 1 aromatic rings. The molecule has 0 aromatic carbocycles. The summed E-state index contributed by atoms with van der Waals surface area (Å²) in [5.41, 5.74) is 0. The standard InChI is InChI=1S/C8H9BrN2O3/c1-11(8(12)13)7-5(14-2)3-4-6(9)10-7/h3-4H,1-2H3,(H,12,13). The van der Waals surface area contributed by atoms with Crippen molar-refractivity contribution in [2.24, 2.45) is 0 Å². The molecule has 0 spiro atoms. The molecule has 0 fully saturated rings. The number of hydrogen-bond donors (Lipinski definition) is 1. The van der Waals surface area contributed by atoms with Gasteiger partial charge in [-0.25, -0.2) is 9.78 Å². The molecule has 1 aromatic heterocycles. The Kier molecular flexibility index (Phi) is 3.29. The second-order valence-electron chi connectivity index (χ2n) is 2.50. The lowest BCUT2D eigenvalue weighted by atomic mass is 10.4. The Labute approximate surface area is 89.4 Å². The van der Waals surface area contributed by atoms with Crippen LogP contribution in [0.5, 0.6) is 5.75 Å². The minimum Gasteiger partial charge on any atom is -0.493 e. The highest BCUT2D eigenvalue weighted by Gasteiger charge is 2.15. The number of aromatic nitrogens is 1. The van der Waals surface area contributed by atoms with E-state index in [0.717, 1.165) is 4.90 Å². The smallest absolute Gasteiger partial charge is 0.412 e. The van der Waals surface area contributed by atoms with E-state index < -0.39 is 6.09 Å². The number of nitrogens with zero attached hydrogens (tertiary/aromatic N) is 2. The van der Waals surface area contributed by atoms with Crippen molar-refractivity contribution < 1.29 is 14.6 Å². The van der Waals surface area contributed by atoms with E-state index in [9.17, 15) is 4.79 Å². The number of carboxylic acid groups (broad SMARTS) is 1. The summed E-state index contributed by atoms with van der Waals surface area (Å²) in [7, 11) is 2.86. The summed E-state index contributed by atoms with van der Waals surface area (Å²) in [6.07, 6.45) is -1.09. The maximum atomic E-state index is 10.7. The van der Waals surface area contributed by atoms with Gasteiger partial charge in [-0.2, -0.15) is 0 Å². The second-order valence-corrected chi connectivity index (χ2v) is 3.31. The summed E-state index contributed by atoms with van der Waals surface area (Å²) >= 11 is 3.16. The molecule has 1 N–H and O–H groups in total. The van der Waals surface area contributed by atoms with Crippen molar-refractivity contribution in [1.82, 2.24) is 4.98 Å². The molecule has 0 aliphatic rings. The van der Waals surface area contributed by atoms with Gasteiger partial charge in [0.1, 0.15) is 4.60 Å². The monoisotopic (exact) mass is 260 g/mol. The molecule has 0 radical (unpaired) electrons. The zero-order chi connectivity index (χ0) is 10.7. The van der Waals surface area contributed by atoms with Crippen molar-refractivity contribution >= 4 is 27.8 Å². The van der Waals surface area contributed by atoms with Gasteiger partial charge in [-0.05, 0) is 28.1 Å². The third-order valence-corrected chi connectivity index (χ3v) is 2.07. The third-order valence-electron chi connectivity index (χ3n) is 1.63. The minimum atomic E-state index is -1.09. The van der Waals surface area contributed by atoms with Crippen molar-refractivity contribution in [1.29, 1.82) is 0 Å². The zero-order valence-electron chi connectivity index (χ0n) is 7.69. The molecular formula is C8H9BrN2O3. The van der Waals surface area contributed by atoms with Crippen molar-refractivity contribution in [3.8, 4) is 5.75 Å². The molecule has 0 unspecified atom stereocenters. The number of anilines is 1. The highest BCUT2D eigenvalue weighted by atomic mass is 79.9. The van der Waals surface area contributed by atoms with Gasteiger partial charge in [-0.1, -0.05) is 0 Å². The molecular weight excluding hydrogens is 252 g/mol. The first kappa shape index (κ1) is 10.8. The molecule has 76 valence electrons. The van der Waals surface area contributed by atoms with Crippen LogP contribution >= 0.6 is 15.9 Å². The van der Waals surface area contributed by atoms with E-state index in [1.165, 1.54) is 14.2 Å². The topological polar surface area (TPSA) is 62.7 Å². The van der Waals surface area contributed by atoms with Gasteiger partial charge in [-0.15, -0.1) is 0 Å². The first-order valence-corrected chi connectivity index (χ1v) is 4.52. The fraction of sp³-hybridized carbons (Fsp3) is 0.250. The van der Waals surface area contributed by atoms with Crippen LogP contribution in [0.3, 0.4) is 0 Å². The van der Waals surface area contributed by atoms with Crippen molar-refractivity contribution in [3.05, 3.63) is 16.7 Å². The van der Waals surface area contributed by atoms with E-state index in [1.54, 1.807) is 12.1 Å². The normalized spacial score (nSPS) is 9.64. The Morgan fingerprint density at radius 3 is 2.79 bits per heavy atom. The summed E-state index contributed by atoms with van der Waals surface area (Å²) in [4.78, 5) is 15.7. The number of rotatable bonds is 2. The molecule has 0 atom stereocenters. The summed E-state index contributed by atoms with van der Waals surface area (Å²) < 4.78 is 5.54. The number of methoxy groups -OCH3 is 1. The van der Waals surface area contributed by atoms with Gasteiger partial charge in [-0.3, -0.25) is 4.90 Å². The van der Waals surface area contributed by atoms with Crippen molar-refractivity contribution in [3.63, 3.8) is 0 Å². The average molecular weight is 261 g/mol. The van der Waals surface area contributed by atoms with Gasteiger partial charge >= 0.3 is 6.09 Å². The van der Waals surface area contributed by atoms with Crippen LogP contribution in [0, 0.1) is 0 Å². The van der Waals surface area contributed by atoms with Gasteiger partial charge in [0.15, 0.2) is 11.6 Å². The van der Waals surface area contributed by atoms with Crippen molar-refractivity contribution in [2.75, 3.05) is 19.1 Å². The maximum Gasteiger partial charge on any atom is 0.412 e. The van der Waals surface area contributed by atoms with E-state index in [1.807, 2.05) is 0 Å². The molecule has 14 heavy (non-hydrogen) atoms. The molecule has 0 saturated carbocycles. The molecule has 0 saturated heterocycles. The number of ether oxygens (including phenoxy) is 1. The van der Waals surface area contributed by atoms with Gasteiger partial charge < -0.3 is 9.84 Å². The van der Waals surface area contributed by atoms with Gasteiger partial charge in [0.2, 0.25) is 0 Å². The SMILES string of the molecule is COc1ccc(Br)nc1N(C)C(=O)O. The summed E-state index contributed by atoms with van der Waals surface area (Å²) in [5, 5.41) is 8.76. The largest absolute Gasteiger partial charge is 0.493 e. The summed E-state index contributed by atoms with van der Waals surface area (Å²) in [6, 6.07) is 3.32. The van der Waals surface area contributed by atoms with Crippen LogP contribution in [0.2, 0.25) is 0 Å². The predicted molar refractivity (Wildman–Crippen MR) is 54.9 cm³/mol. The Morgan fingerprint density at radius 1 is 1.64 bits per heavy atom. The zero-order valence-corrected chi connectivity index (χ0v) is 9.28. The summed E-state index contributed by atoms with van der Waals surface area (Å²) in [6.45, 7) is 0. The lowest BCUT2D eigenvalue weighted by molar-refractivity contribution is 0.203. The van der Waals surface area contributed by atoms with Crippen molar-refractivity contribution in [2.45, 2.75) is 0 Å². The molecule has 6 heteroatoms. The van der Waals surface area contributed by atoms with Gasteiger partial charge in [0.05, 0.1) is 7.11 Å². The lowest BCUT2D eigenvalue weighted by Crippen LogP contribution is -2.25. The van der Waals surface area contributed by atoms with Crippen LogP contribution in [-0.4, -0.2) is 30.3 Å². The minimum absolute atomic E-state index is 0.259. The van der Waals surface area contributed by atoms with E-state index in [-0.39, 0.29) is 5.82 Å². The molecule has 1 rings (SSSR count). The van der Waals surface area contributed by atoms with E-state index in [0.29, 0.717) is 10.4 Å². The molecule has 0 aliphatic heterocycles. The second kappa shape index (κ2) is 4.28. The van der Waals surface area contributed by atoms with Crippen LogP contribution in [-0.2, 0) is 0 Å². The quantitative estimate of drug-likeness (QED) is 0.826. The van der Waals surface area contributed by atoms with E-state index in [2.05, 4.69) is 20.9 Å². The molecule has 1 amide bonds. The first-order chi connectivity index (χ1) is 6.56. The first-order valence-electron chi connectivity index (χ1n) is 3.73. The maximum absolute atomic E-state index is 10.7. The van der Waals surface area contributed by atoms with Crippen LogP contribution in [0.25, 0.3) is 0 Å². The average Bonchev–Trinajstić information content (AvgIpc) is 2.16. The Balaban J connectivity index is 3.16.